The van der Waals surface area contributed by atoms with Crippen LogP contribution in [0.4, 0.5) is 4.79 Å². The van der Waals surface area contributed by atoms with Crippen molar-refractivity contribution in [2.24, 2.45) is 18.4 Å². The summed E-state index contributed by atoms with van der Waals surface area (Å²) in [7, 11) is 1.78. The first-order valence-corrected chi connectivity index (χ1v) is 6.76. The quantitative estimate of drug-likeness (QED) is 0.718. The predicted octanol–water partition coefficient (Wildman–Crippen LogP) is 0.751. The van der Waals surface area contributed by atoms with Crippen LogP contribution in [0.5, 0.6) is 0 Å². The summed E-state index contributed by atoms with van der Waals surface area (Å²) in [5, 5.41) is 21.9. The van der Waals surface area contributed by atoms with Crippen LogP contribution >= 0.6 is 0 Å². The van der Waals surface area contributed by atoms with Crippen molar-refractivity contribution in [1.29, 1.82) is 0 Å². The highest BCUT2D eigenvalue weighted by Crippen LogP contribution is 2.24. The number of hydrogen-bond donors (Lipinski definition) is 3. The lowest BCUT2D eigenvalue weighted by atomic mass is 9.84. The molecule has 1 atom stereocenters. The summed E-state index contributed by atoms with van der Waals surface area (Å²) in [5.41, 5.74) is -0.111. The average Bonchev–Trinajstić information content (AvgIpc) is 2.76. The van der Waals surface area contributed by atoms with Crippen molar-refractivity contribution >= 4 is 12.0 Å². The average molecular weight is 297 g/mol. The fourth-order valence-corrected chi connectivity index (χ4v) is 1.89. The van der Waals surface area contributed by atoms with E-state index in [9.17, 15) is 14.7 Å². The molecule has 1 heterocycles. The minimum absolute atomic E-state index is 0.0945. The Hall–Kier alpha value is -2.12. The Morgan fingerprint density at radius 1 is 1.38 bits per heavy atom. The number of urea groups is 1. The molecule has 0 saturated carbocycles. The van der Waals surface area contributed by atoms with Crippen molar-refractivity contribution < 1.29 is 14.7 Å². The van der Waals surface area contributed by atoms with Crippen LogP contribution in [0.2, 0.25) is 0 Å². The molecule has 0 aliphatic carbocycles. The van der Waals surface area contributed by atoms with Gasteiger partial charge >= 0.3 is 12.0 Å². The molecular weight excluding hydrogens is 274 g/mol. The van der Waals surface area contributed by atoms with Gasteiger partial charge in [-0.1, -0.05) is 20.8 Å². The van der Waals surface area contributed by atoms with E-state index in [4.69, 9.17) is 0 Å². The van der Waals surface area contributed by atoms with E-state index in [1.165, 1.54) is 0 Å². The molecule has 2 amide bonds. The number of rotatable bonds is 6. The molecule has 1 aromatic heterocycles. The Morgan fingerprint density at radius 3 is 2.52 bits per heavy atom. The molecule has 1 aromatic rings. The van der Waals surface area contributed by atoms with Gasteiger partial charge in [0.2, 0.25) is 0 Å². The first-order valence-electron chi connectivity index (χ1n) is 6.76. The third-order valence-corrected chi connectivity index (χ3v) is 2.93. The van der Waals surface area contributed by atoms with Crippen LogP contribution in [-0.4, -0.2) is 38.4 Å². The molecule has 118 valence electrons. The Morgan fingerprint density at radius 2 is 2.05 bits per heavy atom. The molecule has 1 unspecified atom stereocenters. The lowest BCUT2D eigenvalue weighted by Gasteiger charge is -2.23. The summed E-state index contributed by atoms with van der Waals surface area (Å²) in [6.45, 7) is 6.24. The van der Waals surface area contributed by atoms with E-state index < -0.39 is 17.9 Å². The van der Waals surface area contributed by atoms with Gasteiger partial charge in [0.1, 0.15) is 6.33 Å². The van der Waals surface area contributed by atoms with Crippen molar-refractivity contribution in [3.63, 3.8) is 0 Å². The third-order valence-electron chi connectivity index (χ3n) is 2.93. The van der Waals surface area contributed by atoms with E-state index in [2.05, 4.69) is 20.8 Å². The number of carboxylic acid groups (broad SMARTS) is 1. The van der Waals surface area contributed by atoms with Crippen LogP contribution in [0, 0.1) is 11.3 Å². The molecule has 1 rings (SSSR count). The molecule has 0 bridgehead atoms. The number of aryl methyl sites for hydroxylation is 1. The molecular formula is C13H23N5O3. The van der Waals surface area contributed by atoms with E-state index >= 15 is 0 Å². The number of carboxylic acids is 1. The lowest BCUT2D eigenvalue weighted by molar-refractivity contribution is -0.142. The van der Waals surface area contributed by atoms with E-state index in [1.807, 2.05) is 20.8 Å². The van der Waals surface area contributed by atoms with Crippen LogP contribution in [-0.2, 0) is 18.4 Å². The molecule has 8 nitrogen and oxygen atoms in total. The van der Waals surface area contributed by atoms with Crippen molar-refractivity contribution in [3.05, 3.63) is 12.2 Å². The van der Waals surface area contributed by atoms with Gasteiger partial charge in [-0.15, -0.1) is 10.2 Å². The second-order valence-corrected chi connectivity index (χ2v) is 6.22. The maximum atomic E-state index is 11.7. The van der Waals surface area contributed by atoms with Crippen molar-refractivity contribution in [1.82, 2.24) is 25.4 Å². The zero-order valence-electron chi connectivity index (χ0n) is 12.9. The fraction of sp³-hybridized carbons (Fsp3) is 0.692. The Balaban J connectivity index is 2.40. The summed E-state index contributed by atoms with van der Waals surface area (Å²) in [6, 6.07) is -0.418. The Bertz CT molecular complexity index is 492. The summed E-state index contributed by atoms with van der Waals surface area (Å²) in [6.07, 6.45) is 2.03. The first-order chi connectivity index (χ1) is 9.69. The number of aliphatic carboxylic acids is 1. The van der Waals surface area contributed by atoms with Gasteiger partial charge in [0.05, 0.1) is 12.5 Å². The van der Waals surface area contributed by atoms with Gasteiger partial charge in [0.25, 0.3) is 0 Å². The molecule has 21 heavy (non-hydrogen) atoms. The molecule has 0 aliphatic heterocycles. The molecule has 8 heteroatoms. The van der Waals surface area contributed by atoms with E-state index in [-0.39, 0.29) is 18.5 Å². The largest absolute Gasteiger partial charge is 0.481 e. The van der Waals surface area contributed by atoms with Gasteiger partial charge in [-0.2, -0.15) is 0 Å². The molecule has 0 fully saturated rings. The number of amides is 2. The van der Waals surface area contributed by atoms with Gasteiger partial charge in [-0.25, -0.2) is 4.79 Å². The van der Waals surface area contributed by atoms with E-state index in [0.29, 0.717) is 12.2 Å². The summed E-state index contributed by atoms with van der Waals surface area (Å²) in [4.78, 5) is 22.9. The topological polar surface area (TPSA) is 109 Å². The standard InChI is InChI=1S/C13H23N5O3/c1-13(2,3)5-9(11(19)20)6-14-12(21)15-7-10-17-16-8-18(10)4/h8-9H,5-7H2,1-4H3,(H,19,20)(H2,14,15,21). The van der Waals surface area contributed by atoms with Crippen LogP contribution < -0.4 is 10.6 Å². The summed E-state index contributed by atoms with van der Waals surface area (Å²) >= 11 is 0. The van der Waals surface area contributed by atoms with Crippen LogP contribution in [0.3, 0.4) is 0 Å². The third kappa shape index (κ3) is 6.24. The predicted molar refractivity (Wildman–Crippen MR) is 76.4 cm³/mol. The number of carbonyl (C=O) groups excluding carboxylic acids is 1. The van der Waals surface area contributed by atoms with Crippen LogP contribution in [0.1, 0.15) is 33.0 Å². The number of carbonyl (C=O) groups is 2. The smallest absolute Gasteiger partial charge is 0.315 e. The number of nitrogens with zero attached hydrogens (tertiary/aromatic N) is 3. The van der Waals surface area contributed by atoms with Crippen LogP contribution in [0.25, 0.3) is 0 Å². The minimum atomic E-state index is -0.904. The number of hydrogen-bond acceptors (Lipinski definition) is 4. The van der Waals surface area contributed by atoms with Crippen molar-refractivity contribution in [2.75, 3.05) is 6.54 Å². The number of nitrogens with one attached hydrogen (secondary N) is 2. The van der Waals surface area contributed by atoms with Gasteiger partial charge in [0.15, 0.2) is 5.82 Å². The second kappa shape index (κ2) is 7.05. The maximum Gasteiger partial charge on any atom is 0.315 e. The molecule has 0 aliphatic rings. The molecule has 0 aromatic carbocycles. The number of aromatic nitrogens is 3. The fourth-order valence-electron chi connectivity index (χ4n) is 1.89. The van der Waals surface area contributed by atoms with Gasteiger partial charge in [-0.3, -0.25) is 4.79 Å². The van der Waals surface area contributed by atoms with E-state index in [1.54, 1.807) is 17.9 Å². The highest BCUT2D eigenvalue weighted by Gasteiger charge is 2.24. The molecule has 0 spiro atoms. The van der Waals surface area contributed by atoms with Crippen molar-refractivity contribution in [2.45, 2.75) is 33.7 Å². The molecule has 0 saturated heterocycles. The Labute approximate surface area is 123 Å². The lowest BCUT2D eigenvalue weighted by Crippen LogP contribution is -2.40. The van der Waals surface area contributed by atoms with Crippen LogP contribution in [0.15, 0.2) is 6.33 Å². The van der Waals surface area contributed by atoms with Gasteiger partial charge in [0, 0.05) is 13.6 Å². The monoisotopic (exact) mass is 297 g/mol. The minimum Gasteiger partial charge on any atom is -0.481 e. The molecule has 3 N–H and O–H groups in total. The summed E-state index contributed by atoms with van der Waals surface area (Å²) < 4.78 is 1.69. The zero-order chi connectivity index (χ0) is 16.0. The Kier molecular flexibility index (Phi) is 5.69. The maximum absolute atomic E-state index is 11.7. The normalized spacial score (nSPS) is 12.8. The SMILES string of the molecule is Cn1cnnc1CNC(=O)NCC(CC(C)(C)C)C(=O)O. The first kappa shape index (κ1) is 16.9. The second-order valence-electron chi connectivity index (χ2n) is 6.22. The van der Waals surface area contributed by atoms with Gasteiger partial charge in [-0.05, 0) is 11.8 Å². The summed E-state index contributed by atoms with van der Waals surface area (Å²) in [5.74, 6) is -0.890. The van der Waals surface area contributed by atoms with E-state index in [0.717, 1.165) is 0 Å². The highest BCUT2D eigenvalue weighted by atomic mass is 16.4. The van der Waals surface area contributed by atoms with Crippen molar-refractivity contribution in [3.8, 4) is 0 Å². The molecule has 0 radical (unpaired) electrons. The highest BCUT2D eigenvalue weighted by molar-refractivity contribution is 5.75. The zero-order valence-corrected chi connectivity index (χ0v) is 12.9. The van der Waals surface area contributed by atoms with Gasteiger partial charge < -0.3 is 20.3 Å².